The Hall–Kier alpha value is -2.67. The Kier molecular flexibility index (Phi) is 5.76. The van der Waals surface area contributed by atoms with Gasteiger partial charge in [-0.1, -0.05) is 13.0 Å². The Labute approximate surface area is 183 Å². The van der Waals surface area contributed by atoms with Crippen molar-refractivity contribution in [2.45, 2.75) is 57.6 Å². The highest BCUT2D eigenvalue weighted by molar-refractivity contribution is 5.85. The van der Waals surface area contributed by atoms with E-state index in [1.54, 1.807) is 0 Å². The van der Waals surface area contributed by atoms with Gasteiger partial charge >= 0.3 is 0 Å². The van der Waals surface area contributed by atoms with E-state index in [0.717, 1.165) is 60.2 Å². The number of aromatic nitrogens is 4. The summed E-state index contributed by atoms with van der Waals surface area (Å²) in [5.74, 6) is 2.09. The molecule has 31 heavy (non-hydrogen) atoms. The molecule has 1 N–H and O–H groups in total. The van der Waals surface area contributed by atoms with Gasteiger partial charge in [0.05, 0.1) is 17.7 Å². The minimum absolute atomic E-state index is 0.0212. The molecule has 3 heterocycles. The number of nitrogens with one attached hydrogen (secondary N) is 1. The summed E-state index contributed by atoms with van der Waals surface area (Å²) in [6.07, 6.45) is 10.8. The summed E-state index contributed by atoms with van der Waals surface area (Å²) in [6.45, 7) is 3.74. The van der Waals surface area contributed by atoms with Crippen molar-refractivity contribution in [2.24, 2.45) is 13.0 Å². The fourth-order valence-electron chi connectivity index (χ4n) is 4.59. The lowest BCUT2D eigenvalue weighted by Gasteiger charge is -2.27. The van der Waals surface area contributed by atoms with Gasteiger partial charge in [-0.3, -0.25) is 4.68 Å². The maximum absolute atomic E-state index is 6.37. The molecular formula is C24H31N5O2. The maximum Gasteiger partial charge on any atom is 0.226 e. The van der Waals surface area contributed by atoms with Gasteiger partial charge in [-0.2, -0.15) is 10.1 Å². The van der Waals surface area contributed by atoms with Gasteiger partial charge in [0, 0.05) is 37.5 Å². The fourth-order valence-corrected chi connectivity index (χ4v) is 4.59. The molecule has 164 valence electrons. The van der Waals surface area contributed by atoms with Crippen LogP contribution >= 0.6 is 0 Å². The Morgan fingerprint density at radius 1 is 1.16 bits per heavy atom. The molecule has 1 aromatic carbocycles. The average Bonchev–Trinajstić information content (AvgIpc) is 3.15. The summed E-state index contributed by atoms with van der Waals surface area (Å²) >= 11 is 0. The van der Waals surface area contributed by atoms with Crippen molar-refractivity contribution in [2.75, 3.05) is 18.5 Å². The zero-order valence-corrected chi connectivity index (χ0v) is 18.4. The smallest absolute Gasteiger partial charge is 0.226 e. The van der Waals surface area contributed by atoms with Crippen molar-refractivity contribution in [1.82, 2.24) is 19.7 Å². The van der Waals surface area contributed by atoms with Crippen LogP contribution in [0.1, 0.15) is 45.4 Å². The van der Waals surface area contributed by atoms with E-state index < -0.39 is 0 Å². The van der Waals surface area contributed by atoms with Crippen molar-refractivity contribution >= 4 is 16.9 Å². The van der Waals surface area contributed by atoms with Gasteiger partial charge in [-0.15, -0.1) is 0 Å². The summed E-state index contributed by atoms with van der Waals surface area (Å²) in [6, 6.07) is 6.65. The normalized spacial score (nSPS) is 24.3. The second kappa shape index (κ2) is 8.83. The van der Waals surface area contributed by atoms with Crippen molar-refractivity contribution in [3.05, 3.63) is 30.6 Å². The largest absolute Gasteiger partial charge is 0.471 e. The zero-order chi connectivity index (χ0) is 21.2. The Morgan fingerprint density at radius 3 is 2.84 bits per heavy atom. The van der Waals surface area contributed by atoms with Gasteiger partial charge in [0.25, 0.3) is 0 Å². The lowest BCUT2D eigenvalue weighted by molar-refractivity contribution is 0.00578. The first-order chi connectivity index (χ1) is 15.1. The molecule has 0 amide bonds. The van der Waals surface area contributed by atoms with Crippen molar-refractivity contribution in [3.63, 3.8) is 0 Å². The van der Waals surface area contributed by atoms with Crippen LogP contribution in [-0.4, -0.2) is 45.1 Å². The standard InChI is InChI=1S/C24H31N5O2/c1-16-5-8-19(9-6-16)26-24-25-13-21(23(27-24)31-20-4-3-11-30-15-20)17-7-10-22-18(12-17)14-29(2)28-22/h7,10,12-14,16,19-20H,3-6,8-9,11,15H2,1-2H3,(H,25,26,27)/t16-,19-,20-/m1/s1. The topological polar surface area (TPSA) is 74.1 Å². The molecule has 1 atom stereocenters. The molecule has 1 aliphatic heterocycles. The number of benzene rings is 1. The van der Waals surface area contributed by atoms with Gasteiger partial charge < -0.3 is 14.8 Å². The SMILES string of the molecule is Cn1cc2cc(-c3cnc(N[C@H]4CC[C@H](C)CC4)nc3O[C@@H]3CCCOC3)ccc2n1. The number of hydrogen-bond donors (Lipinski definition) is 1. The van der Waals surface area contributed by atoms with Crippen molar-refractivity contribution < 1.29 is 9.47 Å². The molecule has 2 aliphatic rings. The monoisotopic (exact) mass is 421 g/mol. The summed E-state index contributed by atoms with van der Waals surface area (Å²) in [5, 5.41) is 9.11. The molecule has 7 heteroatoms. The quantitative estimate of drug-likeness (QED) is 0.650. The Morgan fingerprint density at radius 2 is 2.03 bits per heavy atom. The fraction of sp³-hybridized carbons (Fsp3) is 0.542. The van der Waals surface area contributed by atoms with Crippen LogP contribution in [0.4, 0.5) is 5.95 Å². The molecular weight excluding hydrogens is 390 g/mol. The number of rotatable bonds is 5. The first-order valence-electron chi connectivity index (χ1n) is 11.5. The molecule has 1 saturated carbocycles. The van der Waals surface area contributed by atoms with Crippen LogP contribution < -0.4 is 10.1 Å². The van der Waals surface area contributed by atoms with E-state index in [4.69, 9.17) is 14.5 Å². The van der Waals surface area contributed by atoms with Crippen LogP contribution in [0.5, 0.6) is 5.88 Å². The van der Waals surface area contributed by atoms with Crippen molar-refractivity contribution in [3.8, 4) is 17.0 Å². The molecule has 3 aromatic rings. The van der Waals surface area contributed by atoms with Gasteiger partial charge in [-0.05, 0) is 62.1 Å². The van der Waals surface area contributed by atoms with Crippen LogP contribution in [0.25, 0.3) is 22.0 Å². The second-order valence-corrected chi connectivity index (χ2v) is 9.05. The van der Waals surface area contributed by atoms with E-state index in [1.807, 2.05) is 30.2 Å². The average molecular weight is 422 g/mol. The van der Waals surface area contributed by atoms with Gasteiger partial charge in [0.15, 0.2) is 0 Å². The summed E-state index contributed by atoms with van der Waals surface area (Å²) in [5.41, 5.74) is 2.91. The third-order valence-electron chi connectivity index (χ3n) is 6.43. The van der Waals surface area contributed by atoms with Gasteiger partial charge in [0.1, 0.15) is 6.10 Å². The first-order valence-corrected chi connectivity index (χ1v) is 11.5. The molecule has 7 nitrogen and oxygen atoms in total. The highest BCUT2D eigenvalue weighted by atomic mass is 16.5. The van der Waals surface area contributed by atoms with Crippen LogP contribution in [0.3, 0.4) is 0 Å². The number of anilines is 1. The zero-order valence-electron chi connectivity index (χ0n) is 18.4. The van der Waals surface area contributed by atoms with Crippen molar-refractivity contribution in [1.29, 1.82) is 0 Å². The first kappa shape index (κ1) is 20.2. The lowest BCUT2D eigenvalue weighted by Crippen LogP contribution is -2.29. The number of nitrogens with zero attached hydrogens (tertiary/aromatic N) is 4. The number of fused-ring (bicyclic) bond motifs is 1. The van der Waals surface area contributed by atoms with E-state index >= 15 is 0 Å². The predicted molar refractivity (Wildman–Crippen MR) is 121 cm³/mol. The third-order valence-corrected chi connectivity index (χ3v) is 6.43. The van der Waals surface area contributed by atoms with Crippen LogP contribution in [-0.2, 0) is 11.8 Å². The van der Waals surface area contributed by atoms with E-state index in [9.17, 15) is 0 Å². The van der Waals surface area contributed by atoms with Crippen LogP contribution in [0.15, 0.2) is 30.6 Å². The molecule has 5 rings (SSSR count). The summed E-state index contributed by atoms with van der Waals surface area (Å²) in [4.78, 5) is 9.47. The maximum atomic E-state index is 6.37. The Bertz CT molecular complexity index is 1040. The molecule has 2 aromatic heterocycles. The number of hydrogen-bond acceptors (Lipinski definition) is 6. The number of ether oxygens (including phenoxy) is 2. The van der Waals surface area contributed by atoms with Gasteiger partial charge in [0.2, 0.25) is 11.8 Å². The highest BCUT2D eigenvalue weighted by Gasteiger charge is 2.22. The van der Waals surface area contributed by atoms with Gasteiger partial charge in [-0.25, -0.2) is 4.98 Å². The van der Waals surface area contributed by atoms with E-state index in [-0.39, 0.29) is 6.10 Å². The lowest BCUT2D eigenvalue weighted by atomic mass is 9.87. The summed E-state index contributed by atoms with van der Waals surface area (Å²) in [7, 11) is 1.94. The Balaban J connectivity index is 1.44. The molecule has 2 fully saturated rings. The molecule has 0 unspecified atom stereocenters. The highest BCUT2D eigenvalue weighted by Crippen LogP contribution is 2.33. The third kappa shape index (κ3) is 4.66. The van der Waals surface area contributed by atoms with Crippen LogP contribution in [0, 0.1) is 5.92 Å². The predicted octanol–water partition coefficient (Wildman–Crippen LogP) is 4.58. The molecule has 0 bridgehead atoms. The molecule has 1 saturated heterocycles. The minimum atomic E-state index is 0.0212. The summed E-state index contributed by atoms with van der Waals surface area (Å²) < 4.78 is 13.8. The minimum Gasteiger partial charge on any atom is -0.471 e. The molecule has 0 spiro atoms. The van der Waals surface area contributed by atoms with E-state index in [2.05, 4.69) is 34.5 Å². The molecule has 0 radical (unpaired) electrons. The van der Waals surface area contributed by atoms with E-state index in [1.165, 1.54) is 12.8 Å². The van der Waals surface area contributed by atoms with E-state index in [0.29, 0.717) is 24.5 Å². The second-order valence-electron chi connectivity index (χ2n) is 9.05. The van der Waals surface area contributed by atoms with Crippen LogP contribution in [0.2, 0.25) is 0 Å². The number of aryl methyl sites for hydroxylation is 1. The molecule has 1 aliphatic carbocycles.